The first-order valence-electron chi connectivity index (χ1n) is 14.6. The van der Waals surface area contributed by atoms with Crippen molar-refractivity contribution in [2.75, 3.05) is 13.2 Å². The third-order valence-corrected chi connectivity index (χ3v) is 6.72. The van der Waals surface area contributed by atoms with Gasteiger partial charge >= 0.3 is 17.9 Å². The second-order valence-electron chi connectivity index (χ2n) is 10.1. The summed E-state index contributed by atoms with van der Waals surface area (Å²) < 4.78 is 21.7. The predicted octanol–water partition coefficient (Wildman–Crippen LogP) is 7.63. The second-order valence-corrected chi connectivity index (χ2v) is 10.1. The van der Waals surface area contributed by atoms with Crippen LogP contribution in [0.2, 0.25) is 0 Å². The molecule has 0 bridgehead atoms. The number of rotatable bonds is 14. The normalized spacial score (nSPS) is 10.7. The van der Waals surface area contributed by atoms with Crippen molar-refractivity contribution in [3.8, 4) is 17.2 Å². The van der Waals surface area contributed by atoms with Crippen molar-refractivity contribution in [1.82, 2.24) is 0 Å². The highest BCUT2D eigenvalue weighted by atomic mass is 16.5. The number of carbonyl (C=O) groups excluding carboxylic acids is 3. The van der Waals surface area contributed by atoms with Gasteiger partial charge in [0, 0.05) is 12.3 Å². The molecule has 0 aliphatic carbocycles. The van der Waals surface area contributed by atoms with E-state index in [1.54, 1.807) is 79.0 Å². The summed E-state index contributed by atoms with van der Waals surface area (Å²) in [7, 11) is 0. The van der Waals surface area contributed by atoms with Crippen LogP contribution in [0.5, 0.6) is 17.2 Å². The van der Waals surface area contributed by atoms with E-state index in [1.807, 2.05) is 25.1 Å². The van der Waals surface area contributed by atoms with E-state index in [0.29, 0.717) is 60.1 Å². The maximum absolute atomic E-state index is 12.6. The lowest BCUT2D eigenvalue weighted by molar-refractivity contribution is -0.137. The van der Waals surface area contributed by atoms with Crippen molar-refractivity contribution >= 4 is 29.8 Å². The number of aryl methyl sites for hydroxylation is 2. The molecule has 0 N–H and O–H groups in total. The Morgan fingerprint density at radius 1 is 0.756 bits per heavy atom. The second kappa shape index (κ2) is 16.4. The van der Waals surface area contributed by atoms with Gasteiger partial charge < -0.3 is 18.9 Å². The SMILES string of the molecule is C=CC(=O)OCCCCOc1ccc(C(=O)Oc2ccc(C=Nc3ccc(OC(=O)c4ccc(CC)cc4)c(C)c3)cc2)cc1. The molecular formula is C37H35NO7. The molecule has 0 spiro atoms. The van der Waals surface area contributed by atoms with Crippen molar-refractivity contribution < 1.29 is 33.3 Å². The van der Waals surface area contributed by atoms with Gasteiger partial charge in [-0.1, -0.05) is 25.6 Å². The van der Waals surface area contributed by atoms with E-state index in [-0.39, 0.29) is 0 Å². The molecule has 0 heterocycles. The third kappa shape index (κ3) is 10.0. The highest BCUT2D eigenvalue weighted by molar-refractivity contribution is 5.92. The number of unbranched alkanes of at least 4 members (excludes halogenated alkanes) is 1. The van der Waals surface area contributed by atoms with Crippen LogP contribution in [-0.2, 0) is 16.0 Å². The Labute approximate surface area is 262 Å². The van der Waals surface area contributed by atoms with E-state index >= 15 is 0 Å². The number of hydrogen-bond acceptors (Lipinski definition) is 8. The molecule has 0 unspecified atom stereocenters. The number of nitrogens with zero attached hydrogens (tertiary/aromatic N) is 1. The van der Waals surface area contributed by atoms with Crippen LogP contribution in [0.3, 0.4) is 0 Å². The van der Waals surface area contributed by atoms with Gasteiger partial charge in [-0.2, -0.15) is 0 Å². The monoisotopic (exact) mass is 605 g/mol. The Morgan fingerprint density at radius 2 is 1.38 bits per heavy atom. The number of ether oxygens (including phenoxy) is 4. The van der Waals surface area contributed by atoms with Gasteiger partial charge in [0.2, 0.25) is 0 Å². The van der Waals surface area contributed by atoms with E-state index in [4.69, 9.17) is 18.9 Å². The van der Waals surface area contributed by atoms with Gasteiger partial charge in [0.1, 0.15) is 17.2 Å². The number of carbonyl (C=O) groups is 3. The van der Waals surface area contributed by atoms with Crippen molar-refractivity contribution in [2.45, 2.75) is 33.1 Å². The summed E-state index contributed by atoms with van der Waals surface area (Å²) in [6, 6.07) is 26.4. The summed E-state index contributed by atoms with van der Waals surface area (Å²) in [6.07, 6.45) is 5.13. The van der Waals surface area contributed by atoms with E-state index in [0.717, 1.165) is 29.2 Å². The van der Waals surface area contributed by atoms with Gasteiger partial charge in [-0.3, -0.25) is 4.99 Å². The number of aliphatic imine (C=N–C) groups is 1. The lowest BCUT2D eigenvalue weighted by Crippen LogP contribution is -2.09. The first-order valence-corrected chi connectivity index (χ1v) is 14.6. The summed E-state index contributed by atoms with van der Waals surface area (Å²) in [5.41, 5.74) is 4.36. The highest BCUT2D eigenvalue weighted by Gasteiger charge is 2.11. The number of benzene rings is 4. The van der Waals surface area contributed by atoms with Gasteiger partial charge in [-0.05, 0) is 122 Å². The minimum atomic E-state index is -0.485. The van der Waals surface area contributed by atoms with Gasteiger partial charge in [0.05, 0.1) is 30.0 Å². The Hall–Kier alpha value is -5.50. The van der Waals surface area contributed by atoms with Gasteiger partial charge in [0.15, 0.2) is 0 Å². The summed E-state index contributed by atoms with van der Waals surface area (Å²) >= 11 is 0. The summed E-state index contributed by atoms with van der Waals surface area (Å²) in [5.74, 6) is 0.183. The van der Waals surface area contributed by atoms with Crippen molar-refractivity contribution in [3.63, 3.8) is 0 Å². The smallest absolute Gasteiger partial charge is 0.343 e. The predicted molar refractivity (Wildman–Crippen MR) is 173 cm³/mol. The third-order valence-electron chi connectivity index (χ3n) is 6.72. The Morgan fingerprint density at radius 3 is 2.02 bits per heavy atom. The molecule has 0 fully saturated rings. The fraction of sp³-hybridized carbons (Fsp3) is 0.189. The minimum absolute atomic E-state index is 0.315. The van der Waals surface area contributed by atoms with Crippen LogP contribution in [-0.4, -0.2) is 37.3 Å². The van der Waals surface area contributed by atoms with Crippen LogP contribution < -0.4 is 14.2 Å². The summed E-state index contributed by atoms with van der Waals surface area (Å²) in [6.45, 7) is 8.05. The van der Waals surface area contributed by atoms with E-state index in [1.165, 1.54) is 0 Å². The maximum atomic E-state index is 12.6. The molecule has 0 aromatic heterocycles. The molecule has 0 atom stereocenters. The Kier molecular flexibility index (Phi) is 11.8. The van der Waals surface area contributed by atoms with Crippen molar-refractivity contribution in [2.24, 2.45) is 4.99 Å². The fourth-order valence-electron chi connectivity index (χ4n) is 4.11. The molecule has 8 heteroatoms. The van der Waals surface area contributed by atoms with Gasteiger partial charge in [0.25, 0.3) is 0 Å². The number of esters is 3. The molecule has 0 radical (unpaired) electrons. The van der Waals surface area contributed by atoms with Crippen LogP contribution >= 0.6 is 0 Å². The zero-order chi connectivity index (χ0) is 32.0. The van der Waals surface area contributed by atoms with E-state index < -0.39 is 17.9 Å². The molecule has 0 aliphatic heterocycles. The van der Waals surface area contributed by atoms with Gasteiger partial charge in [-0.15, -0.1) is 0 Å². The minimum Gasteiger partial charge on any atom is -0.494 e. The maximum Gasteiger partial charge on any atom is 0.343 e. The van der Waals surface area contributed by atoms with Crippen LogP contribution in [0.15, 0.2) is 109 Å². The fourth-order valence-corrected chi connectivity index (χ4v) is 4.11. The summed E-state index contributed by atoms with van der Waals surface area (Å²) in [4.78, 5) is 40.7. The standard InChI is InChI=1S/C37H35NO7/c1-4-27-8-12-29(13-9-27)37(41)45-34-21-16-31(24-26(34)3)38-25-28-10-17-33(18-11-28)44-36(40)30-14-19-32(20-15-30)42-22-6-7-23-43-35(39)5-2/h5,8-21,24-25H,2,4,6-7,22-23H2,1,3H3. The summed E-state index contributed by atoms with van der Waals surface area (Å²) in [5, 5.41) is 0. The van der Waals surface area contributed by atoms with Crippen molar-refractivity contribution in [1.29, 1.82) is 0 Å². The zero-order valence-electron chi connectivity index (χ0n) is 25.4. The first-order chi connectivity index (χ1) is 21.8. The lowest BCUT2D eigenvalue weighted by atomic mass is 10.1. The largest absolute Gasteiger partial charge is 0.494 e. The topological polar surface area (TPSA) is 100 Å². The Bertz CT molecular complexity index is 1640. The molecule has 0 amide bonds. The highest BCUT2D eigenvalue weighted by Crippen LogP contribution is 2.25. The van der Waals surface area contributed by atoms with E-state index in [9.17, 15) is 14.4 Å². The molecule has 8 nitrogen and oxygen atoms in total. The average molecular weight is 606 g/mol. The zero-order valence-corrected chi connectivity index (χ0v) is 25.4. The molecule has 4 aromatic carbocycles. The van der Waals surface area contributed by atoms with Crippen LogP contribution in [0, 0.1) is 6.92 Å². The van der Waals surface area contributed by atoms with E-state index in [2.05, 4.69) is 18.5 Å². The average Bonchev–Trinajstić information content (AvgIpc) is 3.07. The molecule has 230 valence electrons. The first kappa shape index (κ1) is 32.4. The Balaban J connectivity index is 1.24. The molecule has 4 aromatic rings. The lowest BCUT2D eigenvalue weighted by Gasteiger charge is -2.08. The quantitative estimate of drug-likeness (QED) is 0.0479. The van der Waals surface area contributed by atoms with Crippen LogP contribution in [0.1, 0.15) is 57.2 Å². The molecule has 0 aliphatic rings. The van der Waals surface area contributed by atoms with Crippen LogP contribution in [0.4, 0.5) is 5.69 Å². The molecule has 45 heavy (non-hydrogen) atoms. The van der Waals surface area contributed by atoms with Gasteiger partial charge in [-0.25, -0.2) is 14.4 Å². The van der Waals surface area contributed by atoms with Crippen LogP contribution in [0.25, 0.3) is 0 Å². The molecule has 4 rings (SSSR count). The molecule has 0 saturated carbocycles. The van der Waals surface area contributed by atoms with Crippen molar-refractivity contribution in [3.05, 3.63) is 131 Å². The molecular weight excluding hydrogens is 570 g/mol. The number of hydrogen-bond donors (Lipinski definition) is 0. The molecule has 0 saturated heterocycles.